The molecule has 2 aromatic carbocycles. The van der Waals surface area contributed by atoms with Crippen molar-refractivity contribution in [3.05, 3.63) is 54.1 Å². The van der Waals surface area contributed by atoms with E-state index in [1.807, 2.05) is 35.8 Å². The van der Waals surface area contributed by atoms with Crippen molar-refractivity contribution < 1.29 is 13.2 Å². The molecule has 0 unspecified atom stereocenters. The molecule has 3 aromatic rings. The minimum Gasteiger partial charge on any atom is -0.325 e. The molecule has 1 heterocycles. The van der Waals surface area contributed by atoms with Gasteiger partial charge in [-0.2, -0.15) is 13.2 Å². The molecule has 22 heavy (non-hydrogen) atoms. The highest BCUT2D eigenvalue weighted by atomic mass is 19.4. The molecule has 1 aromatic heterocycles. The summed E-state index contributed by atoms with van der Waals surface area (Å²) in [6.45, 7) is 2.53. The summed E-state index contributed by atoms with van der Waals surface area (Å²) in [6, 6.07) is 12.9. The third kappa shape index (κ3) is 2.52. The number of aromatic nitrogens is 2. The molecule has 6 heteroatoms. The Hall–Kier alpha value is -2.50. The van der Waals surface area contributed by atoms with E-state index < -0.39 is 11.7 Å². The van der Waals surface area contributed by atoms with Crippen LogP contribution < -0.4 is 5.32 Å². The van der Waals surface area contributed by atoms with E-state index in [9.17, 15) is 13.2 Å². The summed E-state index contributed by atoms with van der Waals surface area (Å²) in [6.07, 6.45) is -4.41. The van der Waals surface area contributed by atoms with Gasteiger partial charge in [-0.25, -0.2) is 4.98 Å². The first-order valence-corrected chi connectivity index (χ1v) is 6.89. The van der Waals surface area contributed by atoms with E-state index in [-0.39, 0.29) is 5.69 Å². The number of imidazole rings is 1. The van der Waals surface area contributed by atoms with Crippen LogP contribution in [-0.4, -0.2) is 9.55 Å². The van der Waals surface area contributed by atoms with Crippen LogP contribution in [0.2, 0.25) is 0 Å². The summed E-state index contributed by atoms with van der Waals surface area (Å²) < 4.78 is 41.1. The number of para-hydroxylation sites is 3. The molecule has 0 aliphatic carbocycles. The van der Waals surface area contributed by atoms with Gasteiger partial charge < -0.3 is 9.88 Å². The lowest BCUT2D eigenvalue weighted by Gasteiger charge is -2.14. The average Bonchev–Trinajstić information content (AvgIpc) is 2.83. The second-order valence-electron chi connectivity index (χ2n) is 4.84. The minimum atomic E-state index is -4.41. The first-order chi connectivity index (χ1) is 10.5. The number of hydrogen-bond acceptors (Lipinski definition) is 2. The number of nitrogens with one attached hydrogen (secondary N) is 1. The number of rotatable bonds is 3. The normalized spacial score (nSPS) is 11.8. The van der Waals surface area contributed by atoms with E-state index in [0.717, 1.165) is 17.1 Å². The van der Waals surface area contributed by atoms with Crippen LogP contribution in [0.15, 0.2) is 48.5 Å². The van der Waals surface area contributed by atoms with Gasteiger partial charge in [0.25, 0.3) is 0 Å². The predicted octanol–water partition coefficient (Wildman–Crippen LogP) is 4.82. The maximum Gasteiger partial charge on any atom is 0.418 e. The number of hydrogen-bond donors (Lipinski definition) is 1. The Balaban J connectivity index is 2.08. The monoisotopic (exact) mass is 305 g/mol. The van der Waals surface area contributed by atoms with Crippen molar-refractivity contribution in [2.75, 3.05) is 5.32 Å². The van der Waals surface area contributed by atoms with Gasteiger partial charge in [0, 0.05) is 6.54 Å². The molecule has 114 valence electrons. The summed E-state index contributed by atoms with van der Waals surface area (Å²) in [5.41, 5.74) is 0.929. The highest BCUT2D eigenvalue weighted by molar-refractivity contribution is 5.80. The Kier molecular flexibility index (Phi) is 3.52. The highest BCUT2D eigenvalue weighted by Crippen LogP contribution is 2.36. The van der Waals surface area contributed by atoms with Crippen molar-refractivity contribution in [1.29, 1.82) is 0 Å². The fraction of sp³-hybridized carbons (Fsp3) is 0.188. The highest BCUT2D eigenvalue weighted by Gasteiger charge is 2.33. The van der Waals surface area contributed by atoms with E-state index in [1.54, 1.807) is 6.07 Å². The first-order valence-electron chi connectivity index (χ1n) is 6.89. The maximum absolute atomic E-state index is 13.1. The molecule has 0 aliphatic heterocycles. The van der Waals surface area contributed by atoms with Gasteiger partial charge in [-0.15, -0.1) is 0 Å². The zero-order valence-electron chi connectivity index (χ0n) is 11.9. The lowest BCUT2D eigenvalue weighted by Crippen LogP contribution is -2.10. The van der Waals surface area contributed by atoms with E-state index in [2.05, 4.69) is 10.3 Å². The van der Waals surface area contributed by atoms with Crippen LogP contribution in [0.1, 0.15) is 12.5 Å². The zero-order valence-corrected chi connectivity index (χ0v) is 11.9. The summed E-state index contributed by atoms with van der Waals surface area (Å²) >= 11 is 0. The first kappa shape index (κ1) is 14.4. The van der Waals surface area contributed by atoms with Crippen LogP contribution in [0.5, 0.6) is 0 Å². The topological polar surface area (TPSA) is 29.9 Å². The Bertz CT molecular complexity index is 806. The second-order valence-corrected chi connectivity index (χ2v) is 4.84. The molecule has 3 rings (SSSR count). The SMILES string of the molecule is CCn1c(Nc2ccccc2C(F)(F)F)nc2ccccc21. The van der Waals surface area contributed by atoms with Gasteiger partial charge in [-0.05, 0) is 31.2 Å². The summed E-state index contributed by atoms with van der Waals surface area (Å²) in [5, 5.41) is 2.82. The summed E-state index contributed by atoms with van der Waals surface area (Å²) in [4.78, 5) is 4.39. The van der Waals surface area contributed by atoms with Gasteiger partial charge in [0.05, 0.1) is 22.3 Å². The fourth-order valence-corrected chi connectivity index (χ4v) is 2.45. The van der Waals surface area contributed by atoms with Crippen LogP contribution >= 0.6 is 0 Å². The molecule has 0 radical (unpaired) electrons. The van der Waals surface area contributed by atoms with Crippen molar-refractivity contribution in [2.24, 2.45) is 0 Å². The van der Waals surface area contributed by atoms with Crippen LogP contribution in [-0.2, 0) is 12.7 Å². The number of alkyl halides is 3. The molecule has 0 saturated carbocycles. The number of anilines is 2. The molecular weight excluding hydrogens is 291 g/mol. The van der Waals surface area contributed by atoms with Crippen LogP contribution in [0, 0.1) is 0 Å². The smallest absolute Gasteiger partial charge is 0.325 e. The molecule has 1 N–H and O–H groups in total. The molecular formula is C16H14F3N3. The Morgan fingerprint density at radius 3 is 2.45 bits per heavy atom. The van der Waals surface area contributed by atoms with Crippen molar-refractivity contribution in [2.45, 2.75) is 19.6 Å². The Labute approximate surface area is 125 Å². The summed E-state index contributed by atoms with van der Waals surface area (Å²) in [7, 11) is 0. The van der Waals surface area contributed by atoms with Crippen molar-refractivity contribution in [3.63, 3.8) is 0 Å². The molecule has 0 aliphatic rings. The van der Waals surface area contributed by atoms with Crippen LogP contribution in [0.25, 0.3) is 11.0 Å². The molecule has 0 fully saturated rings. The second kappa shape index (κ2) is 5.36. The van der Waals surface area contributed by atoms with E-state index in [1.165, 1.54) is 12.1 Å². The Morgan fingerprint density at radius 2 is 1.73 bits per heavy atom. The summed E-state index contributed by atoms with van der Waals surface area (Å²) in [5.74, 6) is 0.403. The number of aryl methyl sites for hydroxylation is 1. The third-order valence-corrected chi connectivity index (χ3v) is 3.45. The number of halogens is 3. The van der Waals surface area contributed by atoms with Gasteiger partial charge in [0.15, 0.2) is 0 Å². The van der Waals surface area contributed by atoms with Gasteiger partial charge >= 0.3 is 6.18 Å². The lowest BCUT2D eigenvalue weighted by molar-refractivity contribution is -0.136. The van der Waals surface area contributed by atoms with Gasteiger partial charge in [0.2, 0.25) is 5.95 Å². The maximum atomic E-state index is 13.1. The van der Waals surface area contributed by atoms with Gasteiger partial charge in [-0.1, -0.05) is 24.3 Å². The number of fused-ring (bicyclic) bond motifs is 1. The number of benzene rings is 2. The zero-order chi connectivity index (χ0) is 15.7. The molecule has 0 saturated heterocycles. The molecule has 0 amide bonds. The van der Waals surface area contributed by atoms with Crippen molar-refractivity contribution in [1.82, 2.24) is 9.55 Å². The van der Waals surface area contributed by atoms with Crippen molar-refractivity contribution >= 4 is 22.7 Å². The van der Waals surface area contributed by atoms with E-state index >= 15 is 0 Å². The fourth-order valence-electron chi connectivity index (χ4n) is 2.45. The van der Waals surface area contributed by atoms with E-state index in [0.29, 0.717) is 12.5 Å². The van der Waals surface area contributed by atoms with Gasteiger partial charge in [0.1, 0.15) is 0 Å². The van der Waals surface area contributed by atoms with E-state index in [4.69, 9.17) is 0 Å². The minimum absolute atomic E-state index is 0.00000567. The molecule has 0 atom stereocenters. The van der Waals surface area contributed by atoms with Crippen LogP contribution in [0.4, 0.5) is 24.8 Å². The molecule has 0 spiro atoms. The molecule has 3 nitrogen and oxygen atoms in total. The quantitative estimate of drug-likeness (QED) is 0.752. The van der Waals surface area contributed by atoms with Gasteiger partial charge in [-0.3, -0.25) is 0 Å². The van der Waals surface area contributed by atoms with Crippen molar-refractivity contribution in [3.8, 4) is 0 Å². The third-order valence-electron chi connectivity index (χ3n) is 3.45. The average molecular weight is 305 g/mol. The Morgan fingerprint density at radius 1 is 1.05 bits per heavy atom. The standard InChI is InChI=1S/C16H14F3N3/c1-2-22-14-10-6-5-9-13(14)21-15(22)20-12-8-4-3-7-11(12)16(17,18)19/h3-10H,2H2,1H3,(H,20,21). The largest absolute Gasteiger partial charge is 0.418 e. The predicted molar refractivity (Wildman–Crippen MR) is 80.1 cm³/mol. The lowest BCUT2D eigenvalue weighted by atomic mass is 10.1. The number of nitrogens with zero attached hydrogens (tertiary/aromatic N) is 2. The molecule has 0 bridgehead atoms. The van der Waals surface area contributed by atoms with Crippen LogP contribution in [0.3, 0.4) is 0 Å².